The minimum Gasteiger partial charge on any atom is -0.359 e. The summed E-state index contributed by atoms with van der Waals surface area (Å²) < 4.78 is 0. The van der Waals surface area contributed by atoms with Gasteiger partial charge in [0, 0.05) is 17.4 Å². The number of anilines is 2. The van der Waals surface area contributed by atoms with Crippen molar-refractivity contribution in [1.82, 2.24) is 0 Å². The predicted octanol–water partition coefficient (Wildman–Crippen LogP) is 4.39. The average molecular weight is 322 g/mol. The Morgan fingerprint density at radius 1 is 1.17 bits per heavy atom. The van der Waals surface area contributed by atoms with Crippen LogP contribution in [0.3, 0.4) is 0 Å². The number of nitrogens with one attached hydrogen (secondary N) is 1. The summed E-state index contributed by atoms with van der Waals surface area (Å²) in [5.74, 6) is 0.0496. The van der Waals surface area contributed by atoms with E-state index in [0.717, 1.165) is 29.7 Å². The van der Waals surface area contributed by atoms with Gasteiger partial charge in [-0.1, -0.05) is 35.9 Å². The molecular weight excluding hydrogens is 296 g/mol. The maximum atomic E-state index is 12.7. The van der Waals surface area contributed by atoms with E-state index < -0.39 is 0 Å². The first-order valence-corrected chi connectivity index (χ1v) is 8.68. The van der Waals surface area contributed by atoms with Crippen molar-refractivity contribution in [2.24, 2.45) is 0 Å². The van der Waals surface area contributed by atoms with E-state index in [1.165, 1.54) is 16.8 Å². The molecule has 0 aliphatic carbocycles. The van der Waals surface area contributed by atoms with Crippen molar-refractivity contribution < 1.29 is 4.79 Å². The quantitative estimate of drug-likeness (QED) is 0.909. The molecule has 1 atom stereocenters. The molecule has 126 valence electrons. The number of para-hydroxylation sites is 1. The summed E-state index contributed by atoms with van der Waals surface area (Å²) >= 11 is 0. The highest BCUT2D eigenvalue weighted by Gasteiger charge is 2.24. The summed E-state index contributed by atoms with van der Waals surface area (Å²) in [7, 11) is 0. The standard InChI is InChI=1S/C21H26N2O/c1-14-11-15(2)21(16(3)12-14)22-20(24)13-23-17(4)9-10-18-7-5-6-8-19(18)23/h5-8,11-12,17H,9-10,13H2,1-4H3,(H,22,24). The second-order valence-corrected chi connectivity index (χ2v) is 6.97. The summed E-state index contributed by atoms with van der Waals surface area (Å²) in [5.41, 5.74) is 6.95. The van der Waals surface area contributed by atoms with Gasteiger partial charge in [-0.05, 0) is 63.3 Å². The Morgan fingerprint density at radius 3 is 2.54 bits per heavy atom. The third-order valence-corrected chi connectivity index (χ3v) is 4.92. The Balaban J connectivity index is 1.78. The van der Waals surface area contributed by atoms with Crippen molar-refractivity contribution in [2.45, 2.75) is 46.6 Å². The van der Waals surface area contributed by atoms with Crippen LogP contribution in [-0.4, -0.2) is 18.5 Å². The molecule has 1 aliphatic heterocycles. The smallest absolute Gasteiger partial charge is 0.243 e. The molecule has 3 rings (SSSR count). The highest BCUT2D eigenvalue weighted by atomic mass is 16.2. The first-order valence-electron chi connectivity index (χ1n) is 8.68. The molecule has 2 aromatic carbocycles. The number of benzene rings is 2. The number of hydrogen-bond donors (Lipinski definition) is 1. The van der Waals surface area contributed by atoms with E-state index in [0.29, 0.717) is 12.6 Å². The molecule has 0 fully saturated rings. The van der Waals surface area contributed by atoms with Gasteiger partial charge in [-0.3, -0.25) is 4.79 Å². The highest BCUT2D eigenvalue weighted by Crippen LogP contribution is 2.30. The van der Waals surface area contributed by atoms with Gasteiger partial charge < -0.3 is 10.2 Å². The first kappa shape index (κ1) is 16.6. The number of aryl methyl sites for hydroxylation is 4. The van der Waals surface area contributed by atoms with Gasteiger partial charge in [0.25, 0.3) is 0 Å². The Hall–Kier alpha value is -2.29. The van der Waals surface area contributed by atoms with Crippen LogP contribution in [0.4, 0.5) is 11.4 Å². The third kappa shape index (κ3) is 3.30. The lowest BCUT2D eigenvalue weighted by Crippen LogP contribution is -2.42. The van der Waals surface area contributed by atoms with Crippen LogP contribution >= 0.6 is 0 Å². The Bertz CT molecular complexity index is 743. The molecule has 2 aromatic rings. The molecule has 3 nitrogen and oxygen atoms in total. The number of amides is 1. The van der Waals surface area contributed by atoms with Crippen LogP contribution in [0.25, 0.3) is 0 Å². The average Bonchev–Trinajstić information content (AvgIpc) is 2.53. The van der Waals surface area contributed by atoms with E-state index in [2.05, 4.69) is 74.3 Å². The van der Waals surface area contributed by atoms with Crippen molar-refractivity contribution in [2.75, 3.05) is 16.8 Å². The molecule has 0 saturated carbocycles. The summed E-state index contributed by atoms with van der Waals surface area (Å²) in [6, 6.07) is 13.0. The van der Waals surface area contributed by atoms with E-state index >= 15 is 0 Å². The van der Waals surface area contributed by atoms with Crippen molar-refractivity contribution in [3.63, 3.8) is 0 Å². The lowest BCUT2D eigenvalue weighted by Gasteiger charge is -2.36. The number of carbonyl (C=O) groups excluding carboxylic acids is 1. The van der Waals surface area contributed by atoms with Crippen molar-refractivity contribution >= 4 is 17.3 Å². The minimum atomic E-state index is 0.0496. The van der Waals surface area contributed by atoms with E-state index in [4.69, 9.17) is 0 Å². The molecule has 1 unspecified atom stereocenters. The van der Waals surface area contributed by atoms with Gasteiger partial charge in [-0.2, -0.15) is 0 Å². The van der Waals surface area contributed by atoms with Gasteiger partial charge in [0.05, 0.1) is 6.54 Å². The predicted molar refractivity (Wildman–Crippen MR) is 101 cm³/mol. The monoisotopic (exact) mass is 322 g/mol. The SMILES string of the molecule is Cc1cc(C)c(NC(=O)CN2c3ccccc3CCC2C)c(C)c1. The van der Waals surface area contributed by atoms with Crippen molar-refractivity contribution in [3.05, 3.63) is 58.7 Å². The molecule has 0 saturated heterocycles. The lowest BCUT2D eigenvalue weighted by molar-refractivity contribution is -0.115. The molecular formula is C21H26N2O. The fourth-order valence-electron chi connectivity index (χ4n) is 3.71. The molecule has 0 radical (unpaired) electrons. The summed E-state index contributed by atoms with van der Waals surface area (Å²) in [4.78, 5) is 14.9. The van der Waals surface area contributed by atoms with E-state index in [1.807, 2.05) is 0 Å². The summed E-state index contributed by atoms with van der Waals surface area (Å²) in [6.45, 7) is 8.78. The maximum absolute atomic E-state index is 12.7. The topological polar surface area (TPSA) is 32.3 Å². The zero-order valence-electron chi connectivity index (χ0n) is 15.0. The number of hydrogen-bond acceptors (Lipinski definition) is 2. The first-order chi connectivity index (χ1) is 11.5. The summed E-state index contributed by atoms with van der Waals surface area (Å²) in [6.07, 6.45) is 2.18. The number of nitrogens with zero attached hydrogens (tertiary/aromatic N) is 1. The number of fused-ring (bicyclic) bond motifs is 1. The minimum absolute atomic E-state index is 0.0496. The van der Waals surface area contributed by atoms with Gasteiger partial charge >= 0.3 is 0 Å². The highest BCUT2D eigenvalue weighted by molar-refractivity contribution is 5.95. The van der Waals surface area contributed by atoms with Gasteiger partial charge in [-0.15, -0.1) is 0 Å². The van der Waals surface area contributed by atoms with Gasteiger partial charge in [0.2, 0.25) is 5.91 Å². The van der Waals surface area contributed by atoms with Crippen molar-refractivity contribution in [3.8, 4) is 0 Å². The normalized spacial score (nSPS) is 16.7. The molecule has 24 heavy (non-hydrogen) atoms. The Kier molecular flexibility index (Phi) is 4.61. The van der Waals surface area contributed by atoms with Crippen LogP contribution in [0.5, 0.6) is 0 Å². The molecule has 0 aromatic heterocycles. The number of carbonyl (C=O) groups is 1. The molecule has 1 aliphatic rings. The second kappa shape index (κ2) is 6.68. The van der Waals surface area contributed by atoms with Crippen LogP contribution in [0, 0.1) is 20.8 Å². The van der Waals surface area contributed by atoms with E-state index in [9.17, 15) is 4.79 Å². The van der Waals surface area contributed by atoms with E-state index in [1.54, 1.807) is 0 Å². The number of rotatable bonds is 3. The van der Waals surface area contributed by atoms with Crippen LogP contribution < -0.4 is 10.2 Å². The molecule has 1 heterocycles. The van der Waals surface area contributed by atoms with Crippen LogP contribution in [-0.2, 0) is 11.2 Å². The molecule has 1 N–H and O–H groups in total. The molecule has 1 amide bonds. The van der Waals surface area contributed by atoms with Gasteiger partial charge in [0.15, 0.2) is 0 Å². The Morgan fingerprint density at radius 2 is 1.83 bits per heavy atom. The Labute approximate surface area is 144 Å². The fraction of sp³-hybridized carbons (Fsp3) is 0.381. The van der Waals surface area contributed by atoms with Gasteiger partial charge in [-0.25, -0.2) is 0 Å². The molecule has 0 bridgehead atoms. The third-order valence-electron chi connectivity index (χ3n) is 4.92. The van der Waals surface area contributed by atoms with Crippen LogP contribution in [0.2, 0.25) is 0 Å². The van der Waals surface area contributed by atoms with Crippen molar-refractivity contribution in [1.29, 1.82) is 0 Å². The fourth-order valence-corrected chi connectivity index (χ4v) is 3.71. The summed E-state index contributed by atoms with van der Waals surface area (Å²) in [5, 5.41) is 3.12. The zero-order valence-corrected chi connectivity index (χ0v) is 15.0. The maximum Gasteiger partial charge on any atom is 0.243 e. The largest absolute Gasteiger partial charge is 0.359 e. The van der Waals surface area contributed by atoms with Crippen LogP contribution in [0.15, 0.2) is 36.4 Å². The van der Waals surface area contributed by atoms with Gasteiger partial charge in [0.1, 0.15) is 0 Å². The molecule has 3 heteroatoms. The van der Waals surface area contributed by atoms with Crippen LogP contribution in [0.1, 0.15) is 35.6 Å². The molecule has 0 spiro atoms. The second-order valence-electron chi connectivity index (χ2n) is 6.97. The zero-order chi connectivity index (χ0) is 17.3. The lowest BCUT2D eigenvalue weighted by atomic mass is 9.96. The van der Waals surface area contributed by atoms with E-state index in [-0.39, 0.29) is 5.91 Å².